The van der Waals surface area contributed by atoms with Crippen molar-refractivity contribution in [2.45, 2.75) is 6.92 Å². The molecule has 0 spiro atoms. The van der Waals surface area contributed by atoms with Crippen LogP contribution in [0.1, 0.15) is 5.56 Å². The van der Waals surface area contributed by atoms with E-state index in [0.717, 1.165) is 11.3 Å². The zero-order valence-electron chi connectivity index (χ0n) is 13.4. The van der Waals surface area contributed by atoms with Crippen molar-refractivity contribution >= 4 is 32.7 Å². The topological polar surface area (TPSA) is 17.8 Å². The van der Waals surface area contributed by atoms with Crippen LogP contribution in [-0.2, 0) is 0 Å². The molecule has 5 aromatic rings. The highest BCUT2D eigenvalue weighted by Gasteiger charge is 2.15. The van der Waals surface area contributed by atoms with Crippen LogP contribution in [0.5, 0.6) is 0 Å². The highest BCUT2D eigenvalue weighted by Crippen LogP contribution is 2.35. The van der Waals surface area contributed by atoms with Gasteiger partial charge >= 0.3 is 0 Å². The van der Waals surface area contributed by atoms with E-state index in [9.17, 15) is 0 Å². The lowest BCUT2D eigenvalue weighted by Gasteiger charge is -2.08. The lowest BCUT2D eigenvalue weighted by molar-refractivity contribution is 1.13. The van der Waals surface area contributed by atoms with E-state index in [-0.39, 0.29) is 0 Å². The van der Waals surface area contributed by atoms with E-state index >= 15 is 0 Å². The van der Waals surface area contributed by atoms with Crippen molar-refractivity contribution in [2.75, 3.05) is 0 Å². The van der Waals surface area contributed by atoms with Gasteiger partial charge in [-0.25, -0.2) is 4.98 Å². The second-order valence-corrected chi connectivity index (χ2v) is 6.23. The third-order valence-electron chi connectivity index (χ3n) is 4.68. The van der Waals surface area contributed by atoms with Crippen LogP contribution in [0.25, 0.3) is 38.4 Å². The van der Waals surface area contributed by atoms with Gasteiger partial charge in [-0.1, -0.05) is 42.5 Å². The van der Waals surface area contributed by atoms with Crippen molar-refractivity contribution in [3.05, 3.63) is 84.6 Å². The zero-order chi connectivity index (χ0) is 16.1. The fourth-order valence-corrected chi connectivity index (χ4v) is 3.64. The van der Waals surface area contributed by atoms with Crippen LogP contribution >= 0.6 is 0 Å². The molecule has 0 unspecified atom stereocenters. The summed E-state index contributed by atoms with van der Waals surface area (Å²) in [5.41, 5.74) is 4.62. The minimum absolute atomic E-state index is 1.01. The summed E-state index contributed by atoms with van der Waals surface area (Å²) in [4.78, 5) is 4.69. The van der Waals surface area contributed by atoms with Gasteiger partial charge in [-0.15, -0.1) is 0 Å². The molecule has 0 aliphatic carbocycles. The molecule has 0 N–H and O–H groups in total. The Hall–Kier alpha value is -3.13. The summed E-state index contributed by atoms with van der Waals surface area (Å²) in [5.74, 6) is 0. The number of benzene rings is 3. The van der Waals surface area contributed by atoms with Crippen molar-refractivity contribution in [3.63, 3.8) is 0 Å². The van der Waals surface area contributed by atoms with Gasteiger partial charge in [0.2, 0.25) is 0 Å². The zero-order valence-corrected chi connectivity index (χ0v) is 13.4. The molecule has 0 saturated heterocycles. The quantitative estimate of drug-likeness (QED) is 0.392. The normalized spacial score (nSPS) is 11.5. The fraction of sp³-hybridized carbons (Fsp3) is 0.0455. The van der Waals surface area contributed by atoms with Crippen LogP contribution in [0.2, 0.25) is 0 Å². The molecule has 0 amide bonds. The molecule has 5 rings (SSSR count). The molecule has 2 aromatic heterocycles. The lowest BCUT2D eigenvalue weighted by Crippen LogP contribution is -1.95. The van der Waals surface area contributed by atoms with Crippen LogP contribution in [0.4, 0.5) is 0 Å². The van der Waals surface area contributed by atoms with Crippen LogP contribution < -0.4 is 0 Å². The summed E-state index contributed by atoms with van der Waals surface area (Å²) in [6, 6.07) is 25.7. The van der Waals surface area contributed by atoms with Crippen LogP contribution in [0.3, 0.4) is 0 Å². The number of aryl methyl sites for hydroxylation is 1. The van der Waals surface area contributed by atoms with E-state index in [1.807, 2.05) is 12.3 Å². The van der Waals surface area contributed by atoms with E-state index < -0.39 is 0 Å². The average molecular weight is 308 g/mol. The maximum atomic E-state index is 4.69. The first-order valence-electron chi connectivity index (χ1n) is 8.17. The second kappa shape index (κ2) is 4.93. The van der Waals surface area contributed by atoms with Crippen molar-refractivity contribution < 1.29 is 0 Å². The molecule has 114 valence electrons. The van der Waals surface area contributed by atoms with Gasteiger partial charge in [-0.3, -0.25) is 4.57 Å². The number of pyridine rings is 1. The van der Waals surface area contributed by atoms with E-state index in [1.165, 1.54) is 32.6 Å². The Morgan fingerprint density at radius 2 is 1.67 bits per heavy atom. The summed E-state index contributed by atoms with van der Waals surface area (Å²) in [6.45, 7) is 2.13. The summed E-state index contributed by atoms with van der Waals surface area (Å²) in [5, 5.41) is 5.01. The predicted octanol–water partition coefficient (Wildman–Crippen LogP) is 5.64. The molecular formula is C22H16N2. The standard InChI is InChI=1S/C22H16N2/c1-15-6-4-8-17(14-15)24-20-12-11-16-7-2-3-9-18(16)21(20)19-10-5-13-23-22(19)24/h2-14H,1H3. The molecule has 2 heteroatoms. The Kier molecular flexibility index (Phi) is 2.74. The molecule has 0 aliphatic rings. The SMILES string of the molecule is Cc1cccc(-n2c3ccc4ccccc4c3c3cccnc32)c1. The van der Waals surface area contributed by atoms with Gasteiger partial charge < -0.3 is 0 Å². The third-order valence-corrected chi connectivity index (χ3v) is 4.68. The number of hydrogen-bond acceptors (Lipinski definition) is 1. The molecule has 0 radical (unpaired) electrons. The molecular weight excluding hydrogens is 292 g/mol. The summed E-state index contributed by atoms with van der Waals surface area (Å²) < 4.78 is 2.27. The first-order chi connectivity index (χ1) is 11.8. The Balaban J connectivity index is 2.04. The average Bonchev–Trinajstić information content (AvgIpc) is 2.96. The van der Waals surface area contributed by atoms with Crippen LogP contribution in [0.15, 0.2) is 79.0 Å². The first kappa shape index (κ1) is 13.3. The second-order valence-electron chi connectivity index (χ2n) is 6.23. The molecule has 0 atom stereocenters. The maximum Gasteiger partial charge on any atom is 0.145 e. The molecule has 24 heavy (non-hydrogen) atoms. The predicted molar refractivity (Wildman–Crippen MR) is 101 cm³/mol. The largest absolute Gasteiger partial charge is 0.294 e. The van der Waals surface area contributed by atoms with E-state index in [1.54, 1.807) is 0 Å². The van der Waals surface area contributed by atoms with E-state index in [2.05, 4.69) is 78.2 Å². The van der Waals surface area contributed by atoms with Gasteiger partial charge in [0, 0.05) is 22.7 Å². The Labute approximate surface area is 140 Å². The summed E-state index contributed by atoms with van der Waals surface area (Å²) in [7, 11) is 0. The van der Waals surface area contributed by atoms with Crippen LogP contribution in [0, 0.1) is 6.92 Å². The van der Waals surface area contributed by atoms with Crippen LogP contribution in [-0.4, -0.2) is 9.55 Å². The third kappa shape index (κ3) is 1.80. The number of nitrogens with zero attached hydrogens (tertiary/aromatic N) is 2. The fourth-order valence-electron chi connectivity index (χ4n) is 3.64. The van der Waals surface area contributed by atoms with Gasteiger partial charge in [0.25, 0.3) is 0 Å². The van der Waals surface area contributed by atoms with Crippen molar-refractivity contribution in [3.8, 4) is 5.69 Å². The van der Waals surface area contributed by atoms with E-state index in [0.29, 0.717) is 0 Å². The minimum atomic E-state index is 1.01. The summed E-state index contributed by atoms with van der Waals surface area (Å²) in [6.07, 6.45) is 1.87. The number of fused-ring (bicyclic) bond motifs is 5. The highest BCUT2D eigenvalue weighted by atomic mass is 15.0. The maximum absolute atomic E-state index is 4.69. The summed E-state index contributed by atoms with van der Waals surface area (Å²) >= 11 is 0. The van der Waals surface area contributed by atoms with Gasteiger partial charge in [-0.05, 0) is 53.6 Å². The Morgan fingerprint density at radius 1 is 0.792 bits per heavy atom. The molecule has 0 saturated carbocycles. The van der Waals surface area contributed by atoms with Gasteiger partial charge in [0.1, 0.15) is 5.65 Å². The number of rotatable bonds is 1. The minimum Gasteiger partial charge on any atom is -0.294 e. The molecule has 0 bridgehead atoms. The van der Waals surface area contributed by atoms with Gasteiger partial charge in [0.15, 0.2) is 0 Å². The molecule has 0 fully saturated rings. The smallest absolute Gasteiger partial charge is 0.145 e. The number of aromatic nitrogens is 2. The van der Waals surface area contributed by atoms with Crippen molar-refractivity contribution in [1.82, 2.24) is 9.55 Å². The molecule has 2 heterocycles. The first-order valence-corrected chi connectivity index (χ1v) is 8.17. The lowest BCUT2D eigenvalue weighted by atomic mass is 10.0. The molecule has 3 aromatic carbocycles. The number of hydrogen-bond donors (Lipinski definition) is 0. The Morgan fingerprint density at radius 3 is 2.58 bits per heavy atom. The van der Waals surface area contributed by atoms with Gasteiger partial charge in [0.05, 0.1) is 5.52 Å². The molecule has 2 nitrogen and oxygen atoms in total. The Bertz CT molecular complexity index is 1210. The van der Waals surface area contributed by atoms with Crippen molar-refractivity contribution in [1.29, 1.82) is 0 Å². The molecule has 0 aliphatic heterocycles. The highest BCUT2D eigenvalue weighted by molar-refractivity contribution is 6.20. The van der Waals surface area contributed by atoms with E-state index in [4.69, 9.17) is 4.98 Å². The van der Waals surface area contributed by atoms with Gasteiger partial charge in [-0.2, -0.15) is 0 Å². The monoisotopic (exact) mass is 308 g/mol. The van der Waals surface area contributed by atoms with Crippen molar-refractivity contribution in [2.24, 2.45) is 0 Å².